The summed E-state index contributed by atoms with van der Waals surface area (Å²) >= 11 is 0. The molecule has 0 spiro atoms. The Morgan fingerprint density at radius 3 is 2.60 bits per heavy atom. The predicted octanol–water partition coefficient (Wildman–Crippen LogP) is 2.74. The second kappa shape index (κ2) is 10.1. The lowest BCUT2D eigenvalue weighted by Gasteiger charge is -2.38. The van der Waals surface area contributed by atoms with Crippen molar-refractivity contribution >= 4 is 27.5 Å². The predicted molar refractivity (Wildman–Crippen MR) is 129 cm³/mol. The fourth-order valence-corrected chi connectivity index (χ4v) is 6.00. The summed E-state index contributed by atoms with van der Waals surface area (Å²) in [5, 5.41) is 19.2. The van der Waals surface area contributed by atoms with E-state index in [2.05, 4.69) is 0 Å². The second-order valence-corrected chi connectivity index (χ2v) is 10.7. The number of nitriles is 1. The molecule has 10 nitrogen and oxygen atoms in total. The third-order valence-electron chi connectivity index (χ3n) is 6.03. The topological polar surface area (TPSA) is 123 Å². The van der Waals surface area contributed by atoms with E-state index in [1.54, 1.807) is 18.2 Å². The van der Waals surface area contributed by atoms with E-state index in [-0.39, 0.29) is 28.7 Å². The molecule has 2 aliphatic rings. The summed E-state index contributed by atoms with van der Waals surface area (Å²) in [7, 11) is -0.325. The van der Waals surface area contributed by atoms with Crippen LogP contribution in [0, 0.1) is 11.3 Å². The molecule has 2 aromatic carbocycles. The van der Waals surface area contributed by atoms with Crippen molar-refractivity contribution in [2.75, 3.05) is 49.6 Å². The van der Waals surface area contributed by atoms with E-state index in [0.29, 0.717) is 44.0 Å². The largest absolute Gasteiger partial charge is 0.485 e. The SMILES string of the molecule is CN(C)C[C@H]1CN(S(=O)(=O)c2cccc(C#N)c2)c2cc(N(C(=O)O)C3CCOCC3)ccc2O1. The van der Waals surface area contributed by atoms with Crippen molar-refractivity contribution in [1.29, 1.82) is 5.26 Å². The van der Waals surface area contributed by atoms with Gasteiger partial charge in [-0.25, -0.2) is 13.2 Å². The number of rotatable bonds is 6. The van der Waals surface area contributed by atoms with E-state index in [4.69, 9.17) is 9.47 Å². The van der Waals surface area contributed by atoms with Gasteiger partial charge >= 0.3 is 6.09 Å². The lowest BCUT2D eigenvalue weighted by molar-refractivity contribution is 0.0838. The van der Waals surface area contributed by atoms with Gasteiger partial charge < -0.3 is 19.5 Å². The molecule has 2 heterocycles. The summed E-state index contributed by atoms with van der Waals surface area (Å²) < 4.78 is 40.3. The van der Waals surface area contributed by atoms with E-state index in [0.717, 1.165) is 0 Å². The van der Waals surface area contributed by atoms with Gasteiger partial charge in [0.2, 0.25) is 0 Å². The molecule has 186 valence electrons. The Labute approximate surface area is 204 Å². The van der Waals surface area contributed by atoms with Crippen molar-refractivity contribution in [2.45, 2.75) is 29.9 Å². The summed E-state index contributed by atoms with van der Waals surface area (Å²) in [4.78, 5) is 15.4. The van der Waals surface area contributed by atoms with Crippen LogP contribution in [-0.4, -0.2) is 77.1 Å². The number of benzene rings is 2. The number of ether oxygens (including phenoxy) is 2. The molecule has 0 unspecified atom stereocenters. The Morgan fingerprint density at radius 1 is 1.20 bits per heavy atom. The third-order valence-corrected chi connectivity index (χ3v) is 7.81. The number of hydrogen-bond acceptors (Lipinski definition) is 7. The van der Waals surface area contributed by atoms with E-state index >= 15 is 0 Å². The number of carbonyl (C=O) groups is 1. The van der Waals surface area contributed by atoms with Gasteiger partial charge in [-0.1, -0.05) is 6.07 Å². The van der Waals surface area contributed by atoms with Crippen LogP contribution >= 0.6 is 0 Å². The quantitative estimate of drug-likeness (QED) is 0.642. The molecule has 1 atom stereocenters. The van der Waals surface area contributed by atoms with Crippen LogP contribution in [-0.2, 0) is 14.8 Å². The van der Waals surface area contributed by atoms with Gasteiger partial charge in [0, 0.05) is 31.5 Å². The lowest BCUT2D eigenvalue weighted by Crippen LogP contribution is -2.47. The van der Waals surface area contributed by atoms with Crippen molar-refractivity contribution in [3.8, 4) is 11.8 Å². The summed E-state index contributed by atoms with van der Waals surface area (Å²) in [6.45, 7) is 1.45. The Morgan fingerprint density at radius 2 is 1.94 bits per heavy atom. The molecular formula is C24H28N4O6S. The molecule has 0 aliphatic carbocycles. The van der Waals surface area contributed by atoms with Crippen molar-refractivity contribution < 1.29 is 27.8 Å². The van der Waals surface area contributed by atoms with Gasteiger partial charge in [-0.05, 0) is 63.3 Å². The zero-order chi connectivity index (χ0) is 25.2. The van der Waals surface area contributed by atoms with Crippen molar-refractivity contribution in [3.63, 3.8) is 0 Å². The minimum absolute atomic E-state index is 0.0158. The second-order valence-electron chi connectivity index (χ2n) is 8.83. The van der Waals surface area contributed by atoms with Crippen LogP contribution in [0.4, 0.5) is 16.2 Å². The number of hydrogen-bond donors (Lipinski definition) is 1. The maximum atomic E-state index is 13.8. The van der Waals surface area contributed by atoms with E-state index in [1.165, 1.54) is 33.5 Å². The summed E-state index contributed by atoms with van der Waals surface area (Å²) in [6.07, 6.45) is -0.458. The van der Waals surface area contributed by atoms with Gasteiger partial charge in [0.25, 0.3) is 10.0 Å². The van der Waals surface area contributed by atoms with Gasteiger partial charge in [0.05, 0.1) is 28.8 Å². The Kier molecular flexibility index (Phi) is 7.16. The van der Waals surface area contributed by atoms with Crippen LogP contribution in [0.15, 0.2) is 47.4 Å². The zero-order valence-electron chi connectivity index (χ0n) is 19.6. The lowest BCUT2D eigenvalue weighted by atomic mass is 10.1. The highest BCUT2D eigenvalue weighted by Gasteiger charge is 2.36. The molecule has 1 fully saturated rings. The van der Waals surface area contributed by atoms with Crippen molar-refractivity contribution in [3.05, 3.63) is 48.0 Å². The average Bonchev–Trinajstić information content (AvgIpc) is 2.84. The Bertz CT molecular complexity index is 1240. The maximum absolute atomic E-state index is 13.8. The number of amides is 1. The number of anilines is 2. The molecule has 0 radical (unpaired) electrons. The minimum atomic E-state index is -4.07. The smallest absolute Gasteiger partial charge is 0.412 e. The average molecular weight is 501 g/mol. The molecule has 11 heteroatoms. The normalized spacial score (nSPS) is 18.5. The fraction of sp³-hybridized carbons (Fsp3) is 0.417. The highest BCUT2D eigenvalue weighted by Crippen LogP contribution is 2.40. The Hall–Kier alpha value is -3.33. The molecule has 1 N–H and O–H groups in total. The van der Waals surface area contributed by atoms with Crippen molar-refractivity contribution in [2.24, 2.45) is 0 Å². The zero-order valence-corrected chi connectivity index (χ0v) is 20.4. The van der Waals surface area contributed by atoms with E-state index in [1.807, 2.05) is 25.1 Å². The number of sulfonamides is 1. The third kappa shape index (κ3) is 5.19. The summed E-state index contributed by atoms with van der Waals surface area (Å²) in [6, 6.07) is 12.4. The number of nitrogens with zero attached hydrogens (tertiary/aromatic N) is 4. The first-order valence-corrected chi connectivity index (χ1v) is 12.7. The fourth-order valence-electron chi connectivity index (χ4n) is 4.45. The molecule has 1 saturated heterocycles. The summed E-state index contributed by atoms with van der Waals surface area (Å²) in [5.41, 5.74) is 0.858. The molecule has 1 amide bonds. The first-order chi connectivity index (χ1) is 16.7. The molecular weight excluding hydrogens is 472 g/mol. The summed E-state index contributed by atoms with van der Waals surface area (Å²) in [5.74, 6) is 0.351. The molecule has 2 aromatic rings. The van der Waals surface area contributed by atoms with Crippen LogP contribution in [0.1, 0.15) is 18.4 Å². The van der Waals surface area contributed by atoms with Gasteiger partial charge in [-0.3, -0.25) is 9.21 Å². The van der Waals surface area contributed by atoms with Crippen LogP contribution < -0.4 is 13.9 Å². The van der Waals surface area contributed by atoms with Gasteiger partial charge in [-0.2, -0.15) is 5.26 Å². The molecule has 0 aromatic heterocycles. The molecule has 0 bridgehead atoms. The van der Waals surface area contributed by atoms with Crippen molar-refractivity contribution in [1.82, 2.24) is 4.90 Å². The number of fused-ring (bicyclic) bond motifs is 1. The van der Waals surface area contributed by atoms with Crippen LogP contribution in [0.5, 0.6) is 5.75 Å². The van der Waals surface area contributed by atoms with Crippen LogP contribution in [0.3, 0.4) is 0 Å². The van der Waals surface area contributed by atoms with Crippen LogP contribution in [0.2, 0.25) is 0 Å². The Balaban J connectivity index is 1.79. The number of carboxylic acid groups (broad SMARTS) is 1. The van der Waals surface area contributed by atoms with Crippen LogP contribution in [0.25, 0.3) is 0 Å². The molecule has 2 aliphatic heterocycles. The molecule has 0 saturated carbocycles. The molecule has 35 heavy (non-hydrogen) atoms. The first kappa shape index (κ1) is 24.8. The first-order valence-electron chi connectivity index (χ1n) is 11.3. The van der Waals surface area contributed by atoms with E-state index in [9.17, 15) is 23.6 Å². The van der Waals surface area contributed by atoms with Gasteiger partial charge in [0.1, 0.15) is 11.9 Å². The standard InChI is InChI=1S/C24H28N4O6S/c1-26(2)15-20-16-27(35(31,32)21-5-3-4-17(12-21)14-25)22-13-19(6-7-23(22)34-20)28(24(29)30)18-8-10-33-11-9-18/h3-7,12-13,18,20H,8-11,15-16H2,1-2H3,(H,29,30)/t20-/m0/s1. The highest BCUT2D eigenvalue weighted by molar-refractivity contribution is 7.92. The van der Waals surface area contributed by atoms with E-state index < -0.39 is 22.2 Å². The number of likely N-dealkylation sites (N-methyl/N-ethyl adjacent to an activating group) is 1. The highest BCUT2D eigenvalue weighted by atomic mass is 32.2. The molecule has 4 rings (SSSR count). The van der Waals surface area contributed by atoms with Gasteiger partial charge in [0.15, 0.2) is 0 Å². The maximum Gasteiger partial charge on any atom is 0.412 e. The minimum Gasteiger partial charge on any atom is -0.485 e. The van der Waals surface area contributed by atoms with Gasteiger partial charge in [-0.15, -0.1) is 0 Å². The monoisotopic (exact) mass is 500 g/mol.